The van der Waals surface area contributed by atoms with E-state index < -0.39 is 41.0 Å². The molecule has 0 bridgehead atoms. The Kier molecular flexibility index (Phi) is 19.9. The van der Waals surface area contributed by atoms with Crippen molar-refractivity contribution < 1.29 is 42.0 Å². The van der Waals surface area contributed by atoms with Gasteiger partial charge in [0.05, 0.1) is 19.4 Å². The van der Waals surface area contributed by atoms with Gasteiger partial charge in [0.25, 0.3) is 0 Å². The van der Waals surface area contributed by atoms with E-state index in [-0.39, 0.29) is 12.8 Å². The third-order valence-corrected chi connectivity index (χ3v) is 5.17. The molecule has 3 atom stereocenters. The minimum absolute atomic E-state index is 0.242. The summed E-state index contributed by atoms with van der Waals surface area (Å²) in [6.07, 6.45) is -1.04. The van der Waals surface area contributed by atoms with Crippen LogP contribution in [0.25, 0.3) is 0 Å². The summed E-state index contributed by atoms with van der Waals surface area (Å²) in [6, 6.07) is 8.78. The monoisotopic (exact) mass is 536 g/mol. The molecule has 0 heterocycles. The maximum absolute atomic E-state index is 12.6. The average Bonchev–Trinajstić information content (AvgIpc) is 2.69. The largest absolute Gasteiger partial charge is 0.464 e. The third-order valence-electron chi connectivity index (χ3n) is 3.05. The van der Waals surface area contributed by atoms with Gasteiger partial charge >= 0.3 is 19.5 Å². The number of carbonyl (C=O) groups excluding carboxylic acids is 2. The number of benzene rings is 1. The van der Waals surface area contributed by atoms with Crippen molar-refractivity contribution in [1.29, 1.82) is 0 Å². The van der Waals surface area contributed by atoms with E-state index in [0.717, 1.165) is 0 Å². The van der Waals surface area contributed by atoms with E-state index in [1.807, 2.05) is 13.0 Å². The number of halogens is 2. The SMILES string of the molecule is CCCP(=O)(Oc1ccccc1)O[C@@H](C)C(=O)OCC.CCOC(=O)[C@H](C)O.O=S(Cl)Cl. The first-order chi connectivity index (χ1) is 14.9. The number of para-hydroxylation sites is 1. The van der Waals surface area contributed by atoms with Crippen molar-refractivity contribution in [2.75, 3.05) is 19.4 Å². The highest BCUT2D eigenvalue weighted by atomic mass is 36.0. The van der Waals surface area contributed by atoms with Crippen LogP contribution in [0.3, 0.4) is 0 Å². The zero-order valence-electron chi connectivity index (χ0n) is 18.7. The van der Waals surface area contributed by atoms with Crippen LogP contribution in [0.2, 0.25) is 0 Å². The molecule has 0 saturated heterocycles. The standard InChI is InChI=1S/C14H21O5P.C5H10O3.Cl2OS/c1-4-11-20(16,18-12(3)14(15)17-5-2)19-13-9-7-6-8-10-13;1-3-8-5(7)4(2)6;1-4(2)3/h6-10,12H,4-5,11H2,1-3H3;4,6H,3H2,1-2H3;/t12-,20?;4-;/m00./s1. The molecule has 1 aromatic rings. The van der Waals surface area contributed by atoms with Crippen LogP contribution in [-0.4, -0.2) is 52.8 Å². The molecule has 0 fully saturated rings. The summed E-state index contributed by atoms with van der Waals surface area (Å²) in [5, 5.41) is 8.48. The van der Waals surface area contributed by atoms with Crippen molar-refractivity contribution in [3.8, 4) is 5.75 Å². The number of aliphatic hydroxyl groups is 1. The van der Waals surface area contributed by atoms with Crippen LogP contribution in [0.5, 0.6) is 5.75 Å². The lowest BCUT2D eigenvalue weighted by Gasteiger charge is -2.21. The van der Waals surface area contributed by atoms with Crippen LogP contribution >= 0.6 is 29.0 Å². The van der Waals surface area contributed by atoms with Crippen molar-refractivity contribution in [3.63, 3.8) is 0 Å². The van der Waals surface area contributed by atoms with Gasteiger partial charge in [-0.05, 0) is 46.2 Å². The number of aliphatic hydroxyl groups excluding tert-OH is 1. The third kappa shape index (κ3) is 18.4. The van der Waals surface area contributed by atoms with E-state index in [1.54, 1.807) is 38.1 Å². The van der Waals surface area contributed by atoms with Crippen molar-refractivity contribution in [2.24, 2.45) is 0 Å². The Morgan fingerprint density at radius 3 is 1.88 bits per heavy atom. The second-order valence-electron chi connectivity index (χ2n) is 5.85. The van der Waals surface area contributed by atoms with Gasteiger partial charge in [0.2, 0.25) is 9.23 Å². The van der Waals surface area contributed by atoms with E-state index in [2.05, 4.69) is 26.1 Å². The summed E-state index contributed by atoms with van der Waals surface area (Å²) in [7, 11) is 3.98. The van der Waals surface area contributed by atoms with Gasteiger partial charge in [-0.3, -0.25) is 4.52 Å². The van der Waals surface area contributed by atoms with Gasteiger partial charge in [-0.25, -0.2) is 18.4 Å². The molecular weight excluding hydrogens is 506 g/mol. The van der Waals surface area contributed by atoms with Crippen LogP contribution in [-0.2, 0) is 37.4 Å². The Hall–Kier alpha value is -1.16. The summed E-state index contributed by atoms with van der Waals surface area (Å²) in [6.45, 7) is 8.73. The van der Waals surface area contributed by atoms with Crippen LogP contribution in [0.1, 0.15) is 41.0 Å². The molecule has 0 spiro atoms. The van der Waals surface area contributed by atoms with E-state index in [9.17, 15) is 14.2 Å². The first-order valence-electron chi connectivity index (χ1n) is 9.70. The molecule has 0 saturated carbocycles. The summed E-state index contributed by atoms with van der Waals surface area (Å²) in [5.41, 5.74) is 0. The number of carbonyl (C=O) groups is 2. The molecule has 0 aromatic heterocycles. The molecule has 1 unspecified atom stereocenters. The normalized spacial score (nSPS) is 13.8. The molecule has 0 aliphatic heterocycles. The Labute approximate surface area is 200 Å². The summed E-state index contributed by atoms with van der Waals surface area (Å²) in [5.74, 6) is -0.645. The minimum Gasteiger partial charge on any atom is -0.464 e. The van der Waals surface area contributed by atoms with Crippen molar-refractivity contribution in [3.05, 3.63) is 30.3 Å². The molecule has 0 amide bonds. The second-order valence-corrected chi connectivity index (χ2v) is 10.4. The number of hydrogen-bond acceptors (Lipinski definition) is 9. The van der Waals surface area contributed by atoms with Crippen LogP contribution in [0, 0.1) is 0 Å². The summed E-state index contributed by atoms with van der Waals surface area (Å²) < 4.78 is 41.8. The molecular formula is C19H31Cl2O9PS. The number of esters is 2. The first-order valence-corrected chi connectivity index (χ1v) is 14.2. The van der Waals surface area contributed by atoms with Crippen LogP contribution in [0.4, 0.5) is 0 Å². The topological polar surface area (TPSA) is 125 Å². The Morgan fingerprint density at radius 1 is 1.03 bits per heavy atom. The van der Waals surface area contributed by atoms with Gasteiger partial charge in [0, 0.05) is 21.4 Å². The predicted octanol–water partition coefficient (Wildman–Crippen LogP) is 4.61. The fourth-order valence-corrected chi connectivity index (χ4v) is 3.64. The Balaban J connectivity index is 0. The fraction of sp³-hybridized carbons (Fsp3) is 0.579. The van der Waals surface area contributed by atoms with E-state index >= 15 is 0 Å². The van der Waals surface area contributed by atoms with Gasteiger partial charge in [-0.2, -0.15) is 0 Å². The lowest BCUT2D eigenvalue weighted by atomic mass is 10.3. The number of ether oxygens (including phenoxy) is 2. The van der Waals surface area contributed by atoms with Gasteiger partial charge in [-0.1, -0.05) is 25.1 Å². The second kappa shape index (κ2) is 19.3. The zero-order valence-corrected chi connectivity index (χ0v) is 21.9. The Bertz CT molecular complexity index is 716. The van der Waals surface area contributed by atoms with Crippen molar-refractivity contribution >= 4 is 50.1 Å². The van der Waals surface area contributed by atoms with E-state index in [0.29, 0.717) is 18.8 Å². The van der Waals surface area contributed by atoms with Gasteiger partial charge in [0.15, 0.2) is 6.10 Å². The first kappa shape index (κ1) is 33.0. The lowest BCUT2D eigenvalue weighted by Crippen LogP contribution is -2.23. The van der Waals surface area contributed by atoms with Crippen LogP contribution in [0.15, 0.2) is 30.3 Å². The summed E-state index contributed by atoms with van der Waals surface area (Å²) >= 11 is 0. The molecule has 1 N–H and O–H groups in total. The van der Waals surface area contributed by atoms with Gasteiger partial charge in [0.1, 0.15) is 11.9 Å². The number of hydrogen-bond donors (Lipinski definition) is 1. The summed E-state index contributed by atoms with van der Waals surface area (Å²) in [4.78, 5) is 21.8. The maximum atomic E-state index is 12.6. The molecule has 32 heavy (non-hydrogen) atoms. The van der Waals surface area contributed by atoms with Crippen molar-refractivity contribution in [2.45, 2.75) is 53.2 Å². The predicted molar refractivity (Wildman–Crippen MR) is 125 cm³/mol. The molecule has 0 radical (unpaired) electrons. The molecule has 0 aliphatic carbocycles. The quantitative estimate of drug-likeness (QED) is 0.259. The lowest BCUT2D eigenvalue weighted by molar-refractivity contribution is -0.152. The number of rotatable bonds is 10. The molecule has 186 valence electrons. The average molecular weight is 537 g/mol. The fourth-order valence-electron chi connectivity index (χ4n) is 1.84. The zero-order chi connectivity index (χ0) is 25.2. The Morgan fingerprint density at radius 2 is 1.50 bits per heavy atom. The van der Waals surface area contributed by atoms with Crippen LogP contribution < -0.4 is 4.52 Å². The van der Waals surface area contributed by atoms with E-state index in [1.165, 1.54) is 13.8 Å². The highest BCUT2D eigenvalue weighted by Gasteiger charge is 2.31. The smallest absolute Gasteiger partial charge is 0.379 e. The molecule has 13 heteroatoms. The van der Waals surface area contributed by atoms with Gasteiger partial charge < -0.3 is 19.1 Å². The molecule has 1 rings (SSSR count). The highest BCUT2D eigenvalue weighted by Crippen LogP contribution is 2.49. The molecule has 0 aliphatic rings. The van der Waals surface area contributed by atoms with E-state index in [4.69, 9.17) is 23.1 Å². The van der Waals surface area contributed by atoms with Gasteiger partial charge in [-0.15, -0.1) is 0 Å². The van der Waals surface area contributed by atoms with Crippen molar-refractivity contribution in [1.82, 2.24) is 0 Å². The minimum atomic E-state index is -3.38. The molecule has 1 aromatic carbocycles. The molecule has 9 nitrogen and oxygen atoms in total. The maximum Gasteiger partial charge on any atom is 0.379 e. The highest BCUT2D eigenvalue weighted by molar-refractivity contribution is 8.26.